The van der Waals surface area contributed by atoms with Gasteiger partial charge in [-0.3, -0.25) is 19.4 Å². The number of hydrogen-bond acceptors (Lipinski definition) is 10. The van der Waals surface area contributed by atoms with Crippen LogP contribution in [0.15, 0.2) is 31.1 Å². The van der Waals surface area contributed by atoms with Gasteiger partial charge in [0.25, 0.3) is 0 Å². The van der Waals surface area contributed by atoms with Crippen LogP contribution < -0.4 is 15.5 Å². The molecule has 2 aliphatic heterocycles. The molecule has 0 spiro atoms. The van der Waals surface area contributed by atoms with E-state index < -0.39 is 0 Å². The van der Waals surface area contributed by atoms with E-state index in [1.165, 1.54) is 12.4 Å². The first kappa shape index (κ1) is 26.2. The Morgan fingerprint density at radius 2 is 1.67 bits per heavy atom. The Kier molecular flexibility index (Phi) is 10.2. The largest absolute Gasteiger partial charge is 0.491 e. The third kappa shape index (κ3) is 7.84. The summed E-state index contributed by atoms with van der Waals surface area (Å²) < 4.78 is 16.8. The zero-order valence-corrected chi connectivity index (χ0v) is 20.7. The van der Waals surface area contributed by atoms with Crippen molar-refractivity contribution in [3.05, 3.63) is 31.1 Å². The number of fused-ring (bicyclic) bond motifs is 1. The summed E-state index contributed by atoms with van der Waals surface area (Å²) in [5, 5.41) is 3.55. The van der Waals surface area contributed by atoms with Crippen LogP contribution in [0.1, 0.15) is 12.8 Å². The number of aromatic nitrogens is 2. The van der Waals surface area contributed by atoms with E-state index in [4.69, 9.17) is 19.0 Å². The van der Waals surface area contributed by atoms with Gasteiger partial charge in [0.15, 0.2) is 5.82 Å². The van der Waals surface area contributed by atoms with E-state index in [-0.39, 0.29) is 5.91 Å². The van der Waals surface area contributed by atoms with Crippen LogP contribution in [-0.4, -0.2) is 105 Å². The van der Waals surface area contributed by atoms with Gasteiger partial charge in [0.05, 0.1) is 50.8 Å². The molecule has 3 heterocycles. The van der Waals surface area contributed by atoms with Gasteiger partial charge in [-0.25, -0.2) is 15.4 Å². The van der Waals surface area contributed by atoms with Crippen LogP contribution in [-0.2, 0) is 19.1 Å². The van der Waals surface area contributed by atoms with Gasteiger partial charge in [0, 0.05) is 50.7 Å². The number of nitrogens with zero attached hydrogens (tertiary/aromatic N) is 4. The summed E-state index contributed by atoms with van der Waals surface area (Å²) in [6.07, 6.45) is 4.46. The second-order valence-electron chi connectivity index (χ2n) is 8.70. The number of nitrogens with one attached hydrogen (secondary N) is 2. The molecule has 2 aromatic rings. The number of ether oxygens (including phenoxy) is 3. The number of anilines is 2. The van der Waals surface area contributed by atoms with Crippen molar-refractivity contribution < 1.29 is 23.8 Å². The van der Waals surface area contributed by atoms with Gasteiger partial charge in [0.1, 0.15) is 12.1 Å². The molecule has 4 rings (SSSR count). The second kappa shape index (κ2) is 14.0. The summed E-state index contributed by atoms with van der Waals surface area (Å²) in [7, 11) is 0. The van der Waals surface area contributed by atoms with E-state index in [0.717, 1.165) is 78.5 Å². The number of amides is 1. The maximum absolute atomic E-state index is 12.1. The molecule has 2 N–H and O–H groups in total. The molecule has 0 radical (unpaired) electrons. The highest BCUT2D eigenvalue weighted by Gasteiger charge is 2.14. The second-order valence-corrected chi connectivity index (χ2v) is 8.70. The van der Waals surface area contributed by atoms with Crippen molar-refractivity contribution in [3.63, 3.8) is 0 Å². The first-order chi connectivity index (χ1) is 17.7. The average molecular weight is 501 g/mol. The molecule has 36 heavy (non-hydrogen) atoms. The lowest BCUT2D eigenvalue weighted by molar-refractivity contribution is -0.111. The normalized spacial score (nSPS) is 17.1. The molecular weight excluding hydrogens is 464 g/mol. The van der Waals surface area contributed by atoms with Crippen LogP contribution in [0.5, 0.6) is 5.75 Å². The van der Waals surface area contributed by atoms with E-state index >= 15 is 0 Å². The number of carbonyl (C=O) groups excluding carboxylic acids is 1. The molecule has 0 aliphatic carbocycles. The summed E-state index contributed by atoms with van der Waals surface area (Å²) in [6.45, 7) is 13.4. The van der Waals surface area contributed by atoms with Crippen molar-refractivity contribution in [2.75, 3.05) is 89.7 Å². The fourth-order valence-electron chi connectivity index (χ4n) is 4.17. The minimum absolute atomic E-state index is 0.321. The zero-order valence-electron chi connectivity index (χ0n) is 20.7. The Morgan fingerprint density at radius 1 is 1.00 bits per heavy atom. The number of carbonyl (C=O) groups is 1. The predicted molar refractivity (Wildman–Crippen MR) is 137 cm³/mol. The molecule has 0 saturated carbocycles. The van der Waals surface area contributed by atoms with Crippen molar-refractivity contribution in [3.8, 4) is 5.75 Å². The molecule has 0 bridgehead atoms. The summed E-state index contributed by atoms with van der Waals surface area (Å²) in [4.78, 5) is 31.2. The predicted octanol–water partition coefficient (Wildman–Crippen LogP) is 1.92. The van der Waals surface area contributed by atoms with Crippen molar-refractivity contribution in [2.24, 2.45) is 0 Å². The molecule has 2 saturated heterocycles. The lowest BCUT2D eigenvalue weighted by Gasteiger charge is -2.26. The van der Waals surface area contributed by atoms with Crippen molar-refractivity contribution in [1.82, 2.24) is 19.8 Å². The number of benzene rings is 1. The van der Waals surface area contributed by atoms with Crippen LogP contribution in [0.4, 0.5) is 11.5 Å². The first-order valence-corrected chi connectivity index (χ1v) is 12.6. The van der Waals surface area contributed by atoms with Gasteiger partial charge in [-0.1, -0.05) is 6.58 Å². The molecular formula is C25H36N6O5. The molecule has 0 unspecified atom stereocenters. The minimum Gasteiger partial charge on any atom is -0.491 e. The molecule has 11 heteroatoms. The van der Waals surface area contributed by atoms with Crippen LogP contribution in [0, 0.1) is 0 Å². The Hall–Kier alpha value is -2.83. The summed E-state index contributed by atoms with van der Waals surface area (Å²) in [5.41, 5.74) is 4.16. The molecule has 0 atom stereocenters. The number of hydrogen-bond donors (Lipinski definition) is 2. The number of morpholine rings is 2. The maximum atomic E-state index is 12.1. The highest BCUT2D eigenvalue weighted by molar-refractivity contribution is 6.03. The molecule has 2 fully saturated rings. The fraction of sp³-hybridized carbons (Fsp3) is 0.560. The van der Waals surface area contributed by atoms with Crippen molar-refractivity contribution in [1.29, 1.82) is 0 Å². The van der Waals surface area contributed by atoms with Gasteiger partial charge in [-0.05, 0) is 25.0 Å². The number of rotatable bonds is 13. The van der Waals surface area contributed by atoms with Crippen molar-refractivity contribution >= 4 is 28.3 Å². The summed E-state index contributed by atoms with van der Waals surface area (Å²) in [6, 6.07) is 3.61. The highest BCUT2D eigenvalue weighted by Crippen LogP contribution is 2.32. The maximum Gasteiger partial charge on any atom is 0.247 e. The van der Waals surface area contributed by atoms with E-state index in [0.29, 0.717) is 41.4 Å². The molecule has 1 aromatic carbocycles. The molecule has 2 aliphatic rings. The summed E-state index contributed by atoms with van der Waals surface area (Å²) >= 11 is 0. The Morgan fingerprint density at radius 3 is 2.33 bits per heavy atom. The third-order valence-electron chi connectivity index (χ3n) is 6.15. The van der Waals surface area contributed by atoms with Gasteiger partial charge in [-0.15, -0.1) is 0 Å². The van der Waals surface area contributed by atoms with Crippen molar-refractivity contribution in [2.45, 2.75) is 12.8 Å². The van der Waals surface area contributed by atoms with Gasteiger partial charge in [0.2, 0.25) is 5.91 Å². The lowest BCUT2D eigenvalue weighted by atomic mass is 10.2. The van der Waals surface area contributed by atoms with Gasteiger partial charge >= 0.3 is 0 Å². The van der Waals surface area contributed by atoms with Crippen LogP contribution in [0.3, 0.4) is 0 Å². The summed E-state index contributed by atoms with van der Waals surface area (Å²) in [5.74, 6) is 0.758. The van der Waals surface area contributed by atoms with Crippen LogP contribution >= 0.6 is 0 Å². The monoisotopic (exact) mass is 500 g/mol. The quantitative estimate of drug-likeness (QED) is 0.240. The molecule has 1 aromatic heterocycles. The van der Waals surface area contributed by atoms with Crippen LogP contribution in [0.25, 0.3) is 10.9 Å². The average Bonchev–Trinajstić information content (AvgIpc) is 2.92. The lowest BCUT2D eigenvalue weighted by Crippen LogP contribution is -2.37. The SMILES string of the molecule is C=CC(=O)Nc1cc2c(NOCCCN3CCOCC3)ncnc2cc1OCCCN1CCOCC1. The smallest absolute Gasteiger partial charge is 0.247 e. The Labute approximate surface area is 211 Å². The van der Waals surface area contributed by atoms with Gasteiger partial charge < -0.3 is 19.5 Å². The highest BCUT2D eigenvalue weighted by atomic mass is 16.6. The topological polar surface area (TPSA) is 110 Å². The fourth-order valence-corrected chi connectivity index (χ4v) is 4.17. The molecule has 196 valence electrons. The van der Waals surface area contributed by atoms with E-state index in [1.807, 2.05) is 6.07 Å². The minimum atomic E-state index is -0.321. The standard InChI is InChI=1S/C25H36N6O5/c1-2-24(32)28-22-17-20-21(18-23(22)35-11-3-5-30-7-13-33-14-8-30)26-19-27-25(20)29-36-12-4-6-31-9-15-34-16-10-31/h2,17-19H,1,3-16H2,(H,28,32)(H,26,27,29). The molecule has 11 nitrogen and oxygen atoms in total. The van der Waals surface area contributed by atoms with Crippen LogP contribution in [0.2, 0.25) is 0 Å². The van der Waals surface area contributed by atoms with E-state index in [2.05, 4.69) is 37.1 Å². The van der Waals surface area contributed by atoms with E-state index in [9.17, 15) is 4.79 Å². The molecule has 1 amide bonds. The first-order valence-electron chi connectivity index (χ1n) is 12.6. The van der Waals surface area contributed by atoms with Gasteiger partial charge in [-0.2, -0.15) is 0 Å². The third-order valence-corrected chi connectivity index (χ3v) is 6.15. The zero-order chi connectivity index (χ0) is 25.0. The Bertz CT molecular complexity index is 994. The van der Waals surface area contributed by atoms with E-state index in [1.54, 1.807) is 6.07 Å². The Balaban J connectivity index is 1.36.